The maximum atomic E-state index is 12.2. The van der Waals surface area contributed by atoms with Gasteiger partial charge in [-0.3, -0.25) is 0 Å². The summed E-state index contributed by atoms with van der Waals surface area (Å²) in [6.45, 7) is 8.11. The Morgan fingerprint density at radius 3 is 2.71 bits per heavy atom. The van der Waals surface area contributed by atoms with Crippen LogP contribution in [0.15, 0.2) is 5.38 Å². The fourth-order valence-electron chi connectivity index (χ4n) is 1.78. The van der Waals surface area contributed by atoms with Gasteiger partial charge in [0.1, 0.15) is 5.01 Å². The second kappa shape index (κ2) is 8.79. The Bertz CT molecular complexity index is 516. The number of nitrogens with zero attached hydrogens (tertiary/aromatic N) is 2. The molecule has 0 amide bonds. The lowest BCUT2D eigenvalue weighted by atomic mass is 10.4. The number of hydrogen-bond acceptors (Lipinski definition) is 5. The van der Waals surface area contributed by atoms with E-state index in [1.165, 1.54) is 15.6 Å². The summed E-state index contributed by atoms with van der Waals surface area (Å²) < 4.78 is 28.4. The highest BCUT2D eigenvalue weighted by atomic mass is 32.2. The first-order valence-electron chi connectivity index (χ1n) is 7.23. The predicted molar refractivity (Wildman–Crippen MR) is 87.7 cm³/mol. The van der Waals surface area contributed by atoms with Crippen LogP contribution in [0.2, 0.25) is 0 Å². The Hall–Kier alpha value is -0.540. The molecule has 0 aromatic carbocycles. The summed E-state index contributed by atoms with van der Waals surface area (Å²) >= 11 is 1.47. The largest absolute Gasteiger partial charge is 0.317 e. The molecule has 0 fully saturated rings. The van der Waals surface area contributed by atoms with E-state index < -0.39 is 10.2 Å². The summed E-state index contributed by atoms with van der Waals surface area (Å²) in [4.78, 5) is 4.31. The first-order chi connectivity index (χ1) is 9.86. The third-order valence-electron chi connectivity index (χ3n) is 3.00. The highest BCUT2D eigenvalue weighted by Crippen LogP contribution is 2.18. The van der Waals surface area contributed by atoms with Gasteiger partial charge in [0.25, 0.3) is 10.2 Å². The smallest absolute Gasteiger partial charge is 0.279 e. The van der Waals surface area contributed by atoms with Crippen LogP contribution >= 0.6 is 11.3 Å². The lowest BCUT2D eigenvalue weighted by Gasteiger charge is -2.20. The minimum absolute atomic E-state index is 0.311. The van der Waals surface area contributed by atoms with E-state index >= 15 is 0 Å². The number of thiazole rings is 1. The number of aryl methyl sites for hydroxylation is 1. The molecule has 1 unspecified atom stereocenters. The van der Waals surface area contributed by atoms with Crippen molar-refractivity contribution in [1.82, 2.24) is 19.3 Å². The van der Waals surface area contributed by atoms with Crippen LogP contribution in [0.25, 0.3) is 0 Å². The molecule has 122 valence electrons. The average Bonchev–Trinajstić information content (AvgIpc) is 2.84. The lowest BCUT2D eigenvalue weighted by molar-refractivity contribution is 0.438. The molecule has 8 heteroatoms. The molecule has 0 aliphatic heterocycles. The maximum absolute atomic E-state index is 12.2. The van der Waals surface area contributed by atoms with E-state index in [2.05, 4.69) is 21.9 Å². The van der Waals surface area contributed by atoms with Gasteiger partial charge in [-0.2, -0.15) is 17.4 Å². The van der Waals surface area contributed by atoms with Gasteiger partial charge in [0.05, 0.1) is 6.04 Å². The molecule has 1 aromatic heterocycles. The summed E-state index contributed by atoms with van der Waals surface area (Å²) in [6.07, 6.45) is 1.88. The van der Waals surface area contributed by atoms with E-state index in [4.69, 9.17) is 0 Å². The van der Waals surface area contributed by atoms with Crippen molar-refractivity contribution in [3.05, 3.63) is 16.1 Å². The topological polar surface area (TPSA) is 74.3 Å². The van der Waals surface area contributed by atoms with Gasteiger partial charge in [-0.1, -0.05) is 6.92 Å². The second-order valence-corrected chi connectivity index (χ2v) is 7.80. The molecule has 1 heterocycles. The van der Waals surface area contributed by atoms with Crippen LogP contribution in [0, 0.1) is 6.92 Å². The fraction of sp³-hybridized carbons (Fsp3) is 0.769. The van der Waals surface area contributed by atoms with Crippen LogP contribution in [0.4, 0.5) is 0 Å². The van der Waals surface area contributed by atoms with Gasteiger partial charge in [0.15, 0.2) is 0 Å². The summed E-state index contributed by atoms with van der Waals surface area (Å²) in [7, 11) is -1.87. The zero-order valence-electron chi connectivity index (χ0n) is 13.2. The summed E-state index contributed by atoms with van der Waals surface area (Å²) in [5, 5.41) is 5.97. The summed E-state index contributed by atoms with van der Waals surface area (Å²) in [6, 6.07) is -0.311. The van der Waals surface area contributed by atoms with Crippen molar-refractivity contribution in [2.45, 2.75) is 39.7 Å². The maximum Gasteiger partial charge on any atom is 0.279 e. The zero-order valence-corrected chi connectivity index (χ0v) is 14.9. The third-order valence-corrected chi connectivity index (χ3v) is 5.80. The van der Waals surface area contributed by atoms with Gasteiger partial charge in [-0.25, -0.2) is 4.98 Å². The van der Waals surface area contributed by atoms with Crippen LogP contribution in [0.5, 0.6) is 0 Å². The molecule has 0 saturated heterocycles. The average molecular weight is 335 g/mol. The number of aromatic nitrogens is 1. The lowest BCUT2D eigenvalue weighted by Crippen LogP contribution is -2.40. The monoisotopic (exact) mass is 334 g/mol. The van der Waals surface area contributed by atoms with Crippen LogP contribution in [0.3, 0.4) is 0 Å². The first-order valence-corrected chi connectivity index (χ1v) is 9.55. The molecule has 21 heavy (non-hydrogen) atoms. The van der Waals surface area contributed by atoms with Gasteiger partial charge in [0, 0.05) is 24.7 Å². The van der Waals surface area contributed by atoms with Crippen LogP contribution in [0.1, 0.15) is 43.4 Å². The molecule has 1 aromatic rings. The Labute approximate surface area is 132 Å². The molecule has 0 aliphatic carbocycles. The Morgan fingerprint density at radius 2 is 2.14 bits per heavy atom. The van der Waals surface area contributed by atoms with E-state index in [1.54, 1.807) is 7.05 Å². The second-order valence-electron chi connectivity index (χ2n) is 5.10. The van der Waals surface area contributed by atoms with Crippen molar-refractivity contribution in [1.29, 1.82) is 0 Å². The molecular formula is C13H26N4O2S2. The normalized spacial score (nSPS) is 13.8. The van der Waals surface area contributed by atoms with Crippen LogP contribution in [-0.2, 0) is 10.2 Å². The highest BCUT2D eigenvalue weighted by molar-refractivity contribution is 7.87. The van der Waals surface area contributed by atoms with Gasteiger partial charge < -0.3 is 5.32 Å². The predicted octanol–water partition coefficient (Wildman–Crippen LogP) is 1.67. The van der Waals surface area contributed by atoms with E-state index in [-0.39, 0.29) is 6.04 Å². The van der Waals surface area contributed by atoms with Gasteiger partial charge in [-0.15, -0.1) is 11.3 Å². The van der Waals surface area contributed by atoms with Crippen molar-refractivity contribution in [2.24, 2.45) is 0 Å². The molecule has 6 nitrogen and oxygen atoms in total. The van der Waals surface area contributed by atoms with Crippen molar-refractivity contribution in [2.75, 3.05) is 26.7 Å². The molecule has 0 bridgehead atoms. The molecule has 2 N–H and O–H groups in total. The minimum Gasteiger partial charge on any atom is -0.317 e. The molecular weight excluding hydrogens is 308 g/mol. The van der Waals surface area contributed by atoms with Crippen molar-refractivity contribution in [3.8, 4) is 0 Å². The van der Waals surface area contributed by atoms with Gasteiger partial charge in [-0.05, 0) is 39.8 Å². The third kappa shape index (κ3) is 6.39. The fourth-order valence-corrected chi connectivity index (χ4v) is 3.77. The highest BCUT2D eigenvalue weighted by Gasteiger charge is 2.21. The molecule has 0 spiro atoms. The first kappa shape index (κ1) is 18.5. The summed E-state index contributed by atoms with van der Waals surface area (Å²) in [5.41, 5.74) is 0.913. The zero-order chi connectivity index (χ0) is 15.9. The number of rotatable bonds is 10. The Balaban J connectivity index is 2.44. The molecule has 1 rings (SSSR count). The molecule has 0 radical (unpaired) electrons. The number of nitrogens with one attached hydrogen (secondary N) is 2. The minimum atomic E-state index is -3.47. The Morgan fingerprint density at radius 1 is 1.43 bits per heavy atom. The van der Waals surface area contributed by atoms with Gasteiger partial charge in [0.2, 0.25) is 0 Å². The quantitative estimate of drug-likeness (QED) is 0.638. The standard InChI is InChI=1S/C13H26N4O2S2/c1-5-7-14-8-6-9-17(4)21(18,19)16-12(3)13-15-11(2)10-20-13/h10,12,14,16H,5-9H2,1-4H3. The molecule has 0 saturated carbocycles. The van der Waals surface area contributed by atoms with E-state index in [0.717, 1.165) is 36.6 Å². The van der Waals surface area contributed by atoms with Crippen LogP contribution in [-0.4, -0.2) is 44.4 Å². The molecule has 1 atom stereocenters. The van der Waals surface area contributed by atoms with E-state index in [9.17, 15) is 8.42 Å². The van der Waals surface area contributed by atoms with Crippen molar-refractivity contribution >= 4 is 21.5 Å². The van der Waals surface area contributed by atoms with E-state index in [1.807, 2.05) is 19.2 Å². The number of hydrogen-bond donors (Lipinski definition) is 2. The van der Waals surface area contributed by atoms with Crippen molar-refractivity contribution < 1.29 is 8.42 Å². The molecule has 0 aliphatic rings. The van der Waals surface area contributed by atoms with Crippen molar-refractivity contribution in [3.63, 3.8) is 0 Å². The van der Waals surface area contributed by atoms with E-state index in [0.29, 0.717) is 6.54 Å². The van der Waals surface area contributed by atoms with Gasteiger partial charge >= 0.3 is 0 Å². The Kier molecular flexibility index (Phi) is 7.75. The summed E-state index contributed by atoms with van der Waals surface area (Å²) in [5.74, 6) is 0. The SMILES string of the molecule is CCCNCCCN(C)S(=O)(=O)NC(C)c1nc(C)cs1. The van der Waals surface area contributed by atoms with Crippen LogP contribution < -0.4 is 10.0 Å².